The first kappa shape index (κ1) is 18.8. The molecule has 0 bridgehead atoms. The Balaban J connectivity index is 1.32. The van der Waals surface area contributed by atoms with Crippen molar-refractivity contribution in [1.29, 1.82) is 0 Å². The highest BCUT2D eigenvalue weighted by molar-refractivity contribution is 6.05. The molecule has 0 spiro atoms. The van der Waals surface area contributed by atoms with Crippen molar-refractivity contribution in [3.63, 3.8) is 0 Å². The Morgan fingerprint density at radius 2 is 1.76 bits per heavy atom. The first-order valence-electron chi connectivity index (χ1n) is 10.8. The number of benzene rings is 1. The van der Waals surface area contributed by atoms with Gasteiger partial charge in [-0.3, -0.25) is 24.6 Å². The number of nitrogens with one attached hydrogen (secondary N) is 2. The lowest BCUT2D eigenvalue weighted by molar-refractivity contribution is -0.136. The van der Waals surface area contributed by atoms with Gasteiger partial charge in [0.2, 0.25) is 11.8 Å². The zero-order chi connectivity index (χ0) is 20.0. The molecule has 0 saturated carbocycles. The minimum Gasteiger partial charge on any atom is -0.322 e. The van der Waals surface area contributed by atoms with Crippen molar-refractivity contribution in [3.05, 3.63) is 34.9 Å². The fourth-order valence-corrected chi connectivity index (χ4v) is 5.47. The van der Waals surface area contributed by atoms with Crippen LogP contribution in [0.25, 0.3) is 0 Å². The van der Waals surface area contributed by atoms with Crippen LogP contribution in [-0.2, 0) is 22.7 Å². The Kier molecular flexibility index (Phi) is 4.87. The summed E-state index contributed by atoms with van der Waals surface area (Å²) < 4.78 is 0. The molecule has 3 fully saturated rings. The van der Waals surface area contributed by atoms with E-state index in [1.165, 1.54) is 18.4 Å². The quantitative estimate of drug-likeness (QED) is 0.742. The Bertz CT molecular complexity index is 840. The van der Waals surface area contributed by atoms with Crippen LogP contribution in [0, 0.1) is 11.8 Å². The lowest BCUT2D eigenvalue weighted by Crippen LogP contribution is -2.52. The summed E-state index contributed by atoms with van der Waals surface area (Å²) in [7, 11) is 0. The molecule has 4 heterocycles. The van der Waals surface area contributed by atoms with Crippen molar-refractivity contribution in [2.24, 2.45) is 11.8 Å². The number of carbonyl (C=O) groups is 3. The third kappa shape index (κ3) is 3.46. The molecule has 4 aliphatic rings. The predicted molar refractivity (Wildman–Crippen MR) is 107 cm³/mol. The summed E-state index contributed by atoms with van der Waals surface area (Å²) in [4.78, 5) is 40.9. The standard InChI is InChI=1S/C22H28N4O3/c27-20-5-4-19(21(28)24-20)26-13-18-16(2-1-3-17(18)22(26)29)12-25-8-6-14-10-23-11-15(14)7-9-25/h1-3,14-15,19,23H,4-13H2,(H,24,27,28)/t14-,15+,19?. The Hall–Kier alpha value is -2.25. The average Bonchev–Trinajstić information content (AvgIpc) is 3.24. The molecule has 1 aromatic carbocycles. The van der Waals surface area contributed by atoms with E-state index in [0.29, 0.717) is 18.5 Å². The summed E-state index contributed by atoms with van der Waals surface area (Å²) >= 11 is 0. The van der Waals surface area contributed by atoms with E-state index in [1.54, 1.807) is 4.90 Å². The van der Waals surface area contributed by atoms with Crippen LogP contribution in [-0.4, -0.2) is 59.7 Å². The molecule has 2 N–H and O–H groups in total. The van der Waals surface area contributed by atoms with Gasteiger partial charge in [0.05, 0.1) is 0 Å². The highest BCUT2D eigenvalue weighted by atomic mass is 16.2. The van der Waals surface area contributed by atoms with Gasteiger partial charge in [-0.15, -0.1) is 0 Å². The molecule has 5 rings (SSSR count). The van der Waals surface area contributed by atoms with Gasteiger partial charge in [-0.25, -0.2) is 0 Å². The summed E-state index contributed by atoms with van der Waals surface area (Å²) in [6, 6.07) is 5.39. The molecule has 3 atom stereocenters. The molecule has 154 valence electrons. The summed E-state index contributed by atoms with van der Waals surface area (Å²) in [6.07, 6.45) is 3.15. The number of piperidine rings is 1. The molecule has 1 aromatic rings. The maximum absolute atomic E-state index is 13.0. The second-order valence-electron chi connectivity index (χ2n) is 8.88. The number of amides is 3. The van der Waals surface area contributed by atoms with Gasteiger partial charge in [0.15, 0.2) is 0 Å². The van der Waals surface area contributed by atoms with Crippen LogP contribution in [0.5, 0.6) is 0 Å². The zero-order valence-electron chi connectivity index (χ0n) is 16.7. The van der Waals surface area contributed by atoms with Crippen molar-refractivity contribution < 1.29 is 14.4 Å². The van der Waals surface area contributed by atoms with Gasteiger partial charge in [-0.05, 0) is 74.5 Å². The van der Waals surface area contributed by atoms with Crippen LogP contribution in [0.15, 0.2) is 18.2 Å². The van der Waals surface area contributed by atoms with Crippen molar-refractivity contribution in [2.45, 2.75) is 44.8 Å². The van der Waals surface area contributed by atoms with Crippen LogP contribution in [0.3, 0.4) is 0 Å². The van der Waals surface area contributed by atoms with E-state index >= 15 is 0 Å². The molecule has 7 nitrogen and oxygen atoms in total. The molecular weight excluding hydrogens is 368 g/mol. The number of hydrogen-bond donors (Lipinski definition) is 2. The lowest BCUT2D eigenvalue weighted by atomic mass is 9.92. The molecule has 29 heavy (non-hydrogen) atoms. The molecule has 3 amide bonds. The van der Waals surface area contributed by atoms with Crippen LogP contribution in [0.4, 0.5) is 0 Å². The van der Waals surface area contributed by atoms with Crippen molar-refractivity contribution in [2.75, 3.05) is 26.2 Å². The Morgan fingerprint density at radius 1 is 1.00 bits per heavy atom. The maximum Gasteiger partial charge on any atom is 0.255 e. The fourth-order valence-electron chi connectivity index (χ4n) is 5.47. The first-order valence-corrected chi connectivity index (χ1v) is 10.8. The van der Waals surface area contributed by atoms with E-state index in [9.17, 15) is 14.4 Å². The van der Waals surface area contributed by atoms with Crippen LogP contribution < -0.4 is 10.6 Å². The summed E-state index contributed by atoms with van der Waals surface area (Å²) in [5.74, 6) is 0.902. The normalized spacial score (nSPS) is 30.1. The molecule has 3 saturated heterocycles. The number of nitrogens with zero attached hydrogens (tertiary/aromatic N) is 2. The van der Waals surface area contributed by atoms with Crippen LogP contribution in [0.1, 0.15) is 47.2 Å². The summed E-state index contributed by atoms with van der Waals surface area (Å²) in [5.41, 5.74) is 2.95. The van der Waals surface area contributed by atoms with Gasteiger partial charge < -0.3 is 10.2 Å². The number of hydrogen-bond acceptors (Lipinski definition) is 5. The molecule has 0 aliphatic carbocycles. The molecule has 4 aliphatic heterocycles. The monoisotopic (exact) mass is 396 g/mol. The van der Waals surface area contributed by atoms with E-state index in [4.69, 9.17) is 0 Å². The van der Waals surface area contributed by atoms with Gasteiger partial charge >= 0.3 is 0 Å². The molecule has 1 unspecified atom stereocenters. The minimum atomic E-state index is -0.550. The van der Waals surface area contributed by atoms with Crippen LogP contribution in [0.2, 0.25) is 0 Å². The SMILES string of the molecule is O=C1CCC(N2Cc3c(CN4CC[C@@H]5CNC[C@@H]5CC4)cccc3C2=O)C(=O)N1. The van der Waals surface area contributed by atoms with Crippen molar-refractivity contribution in [3.8, 4) is 0 Å². The average molecular weight is 396 g/mol. The number of likely N-dealkylation sites (tertiary alicyclic amines) is 1. The topological polar surface area (TPSA) is 81.8 Å². The van der Waals surface area contributed by atoms with Crippen molar-refractivity contribution >= 4 is 17.7 Å². The van der Waals surface area contributed by atoms with Gasteiger partial charge in [-0.1, -0.05) is 12.1 Å². The van der Waals surface area contributed by atoms with Gasteiger partial charge in [-0.2, -0.15) is 0 Å². The fraction of sp³-hybridized carbons (Fsp3) is 0.591. The van der Waals surface area contributed by atoms with Gasteiger partial charge in [0.25, 0.3) is 5.91 Å². The Labute approximate surface area is 170 Å². The van der Waals surface area contributed by atoms with Crippen molar-refractivity contribution in [1.82, 2.24) is 20.4 Å². The maximum atomic E-state index is 13.0. The number of fused-ring (bicyclic) bond motifs is 2. The Morgan fingerprint density at radius 3 is 2.48 bits per heavy atom. The van der Waals surface area contributed by atoms with Gasteiger partial charge in [0.1, 0.15) is 6.04 Å². The molecule has 0 radical (unpaired) electrons. The smallest absolute Gasteiger partial charge is 0.255 e. The first-order chi connectivity index (χ1) is 14.1. The third-order valence-corrected chi connectivity index (χ3v) is 7.19. The number of carbonyl (C=O) groups excluding carboxylic acids is 3. The van der Waals surface area contributed by atoms with E-state index in [2.05, 4.69) is 21.6 Å². The lowest BCUT2D eigenvalue weighted by Gasteiger charge is -2.29. The minimum absolute atomic E-state index is 0.0900. The van der Waals surface area contributed by atoms with Crippen LogP contribution >= 0.6 is 0 Å². The molecule has 0 aromatic heterocycles. The van der Waals surface area contributed by atoms with Gasteiger partial charge in [0, 0.05) is 25.1 Å². The number of rotatable bonds is 3. The van der Waals surface area contributed by atoms with E-state index in [0.717, 1.165) is 50.1 Å². The summed E-state index contributed by atoms with van der Waals surface area (Å²) in [5, 5.41) is 5.90. The predicted octanol–water partition coefficient (Wildman–Crippen LogP) is 0.879. The van der Waals surface area contributed by atoms with E-state index in [1.807, 2.05) is 12.1 Å². The largest absolute Gasteiger partial charge is 0.322 e. The number of imide groups is 1. The highest BCUT2D eigenvalue weighted by Gasteiger charge is 2.40. The second kappa shape index (κ2) is 7.54. The van der Waals surface area contributed by atoms with E-state index < -0.39 is 6.04 Å². The highest BCUT2D eigenvalue weighted by Crippen LogP contribution is 2.32. The summed E-state index contributed by atoms with van der Waals surface area (Å²) in [6.45, 7) is 5.80. The molecular formula is C22H28N4O3. The second-order valence-corrected chi connectivity index (χ2v) is 8.88. The van der Waals surface area contributed by atoms with E-state index in [-0.39, 0.29) is 24.1 Å². The zero-order valence-corrected chi connectivity index (χ0v) is 16.7. The third-order valence-electron chi connectivity index (χ3n) is 7.19. The molecule has 7 heteroatoms.